The van der Waals surface area contributed by atoms with Gasteiger partial charge in [0.05, 0.1) is 6.61 Å². The van der Waals surface area contributed by atoms with E-state index >= 15 is 0 Å². The number of hydrogen-bond donors (Lipinski definition) is 1. The Kier molecular flexibility index (Phi) is 4.61. The maximum absolute atomic E-state index is 8.99. The summed E-state index contributed by atoms with van der Waals surface area (Å²) in [5.74, 6) is 0.879. The van der Waals surface area contributed by atoms with Gasteiger partial charge in [-0.2, -0.15) is 0 Å². The van der Waals surface area contributed by atoms with Crippen LogP contribution in [0.2, 0.25) is 0 Å². The summed E-state index contributed by atoms with van der Waals surface area (Å²) in [6, 6.07) is 11.8. The standard InChI is InChI=1S/C16H17BrO2/c1-11-7-15(8-12(2)16(11)17)19-10-14-5-3-13(9-18)4-6-14/h3-8,18H,9-10H2,1-2H3. The average molecular weight is 321 g/mol. The van der Waals surface area contributed by atoms with Gasteiger partial charge in [0.2, 0.25) is 0 Å². The van der Waals surface area contributed by atoms with E-state index in [0.29, 0.717) is 6.61 Å². The number of halogens is 1. The second-order valence-electron chi connectivity index (χ2n) is 4.63. The molecule has 2 aromatic carbocycles. The van der Waals surface area contributed by atoms with Crippen LogP contribution in [0.5, 0.6) is 5.75 Å². The molecule has 0 amide bonds. The lowest BCUT2D eigenvalue weighted by Crippen LogP contribution is -1.97. The second-order valence-corrected chi connectivity index (χ2v) is 5.43. The van der Waals surface area contributed by atoms with E-state index in [0.717, 1.165) is 21.3 Å². The molecule has 0 fully saturated rings. The smallest absolute Gasteiger partial charge is 0.120 e. The summed E-state index contributed by atoms with van der Waals surface area (Å²) in [6.45, 7) is 4.72. The third kappa shape index (κ3) is 3.58. The van der Waals surface area contributed by atoms with E-state index in [2.05, 4.69) is 29.8 Å². The molecule has 0 spiro atoms. The summed E-state index contributed by atoms with van der Waals surface area (Å²) in [7, 11) is 0. The van der Waals surface area contributed by atoms with Gasteiger partial charge in [-0.1, -0.05) is 40.2 Å². The number of aryl methyl sites for hydroxylation is 2. The molecule has 0 aliphatic heterocycles. The van der Waals surface area contributed by atoms with Gasteiger partial charge >= 0.3 is 0 Å². The molecule has 0 heterocycles. The van der Waals surface area contributed by atoms with Crippen molar-refractivity contribution in [3.8, 4) is 5.75 Å². The highest BCUT2D eigenvalue weighted by Gasteiger charge is 2.03. The summed E-state index contributed by atoms with van der Waals surface area (Å²) in [4.78, 5) is 0. The second kappa shape index (κ2) is 6.22. The third-order valence-electron chi connectivity index (χ3n) is 3.02. The number of rotatable bonds is 4. The molecule has 0 saturated carbocycles. The van der Waals surface area contributed by atoms with Crippen molar-refractivity contribution in [1.82, 2.24) is 0 Å². The summed E-state index contributed by atoms with van der Waals surface area (Å²) in [6.07, 6.45) is 0. The van der Waals surface area contributed by atoms with Crippen LogP contribution in [0.15, 0.2) is 40.9 Å². The lowest BCUT2D eigenvalue weighted by molar-refractivity contribution is 0.281. The first-order chi connectivity index (χ1) is 9.10. The van der Waals surface area contributed by atoms with E-state index in [1.165, 1.54) is 11.1 Å². The molecule has 0 saturated heterocycles. The topological polar surface area (TPSA) is 29.5 Å². The van der Waals surface area contributed by atoms with E-state index < -0.39 is 0 Å². The molecular weight excluding hydrogens is 304 g/mol. The highest BCUT2D eigenvalue weighted by Crippen LogP contribution is 2.26. The molecule has 19 heavy (non-hydrogen) atoms. The number of ether oxygens (including phenoxy) is 1. The van der Waals surface area contributed by atoms with Crippen molar-refractivity contribution in [3.63, 3.8) is 0 Å². The van der Waals surface area contributed by atoms with Crippen LogP contribution >= 0.6 is 15.9 Å². The van der Waals surface area contributed by atoms with Crippen LogP contribution in [0.25, 0.3) is 0 Å². The Morgan fingerprint density at radius 2 is 1.53 bits per heavy atom. The molecule has 2 rings (SSSR count). The van der Waals surface area contributed by atoms with E-state index in [9.17, 15) is 0 Å². The quantitative estimate of drug-likeness (QED) is 0.917. The molecule has 2 aromatic rings. The molecule has 0 aromatic heterocycles. The van der Waals surface area contributed by atoms with Crippen molar-refractivity contribution >= 4 is 15.9 Å². The molecule has 0 unspecified atom stereocenters. The molecule has 0 aliphatic carbocycles. The maximum Gasteiger partial charge on any atom is 0.120 e. The van der Waals surface area contributed by atoms with Crippen molar-refractivity contribution in [2.24, 2.45) is 0 Å². The molecule has 0 atom stereocenters. The van der Waals surface area contributed by atoms with Crippen molar-refractivity contribution < 1.29 is 9.84 Å². The van der Waals surface area contributed by atoms with E-state index in [1.807, 2.05) is 36.4 Å². The number of benzene rings is 2. The molecular formula is C16H17BrO2. The first kappa shape index (κ1) is 14.1. The van der Waals surface area contributed by atoms with Gasteiger partial charge in [0.25, 0.3) is 0 Å². The number of aliphatic hydroxyl groups excluding tert-OH is 1. The SMILES string of the molecule is Cc1cc(OCc2ccc(CO)cc2)cc(C)c1Br. The van der Waals surface area contributed by atoms with Crippen molar-refractivity contribution in [1.29, 1.82) is 0 Å². The molecule has 0 aliphatic rings. The number of hydrogen-bond acceptors (Lipinski definition) is 2. The summed E-state index contributed by atoms with van der Waals surface area (Å²) in [5, 5.41) is 8.99. The average Bonchev–Trinajstić information content (AvgIpc) is 2.43. The summed E-state index contributed by atoms with van der Waals surface area (Å²) >= 11 is 3.55. The van der Waals surface area contributed by atoms with Crippen LogP contribution in [0, 0.1) is 13.8 Å². The van der Waals surface area contributed by atoms with Gasteiger partial charge in [-0.3, -0.25) is 0 Å². The summed E-state index contributed by atoms with van der Waals surface area (Å²) < 4.78 is 6.93. The Morgan fingerprint density at radius 3 is 2.05 bits per heavy atom. The van der Waals surface area contributed by atoms with Gasteiger partial charge in [-0.15, -0.1) is 0 Å². The highest BCUT2D eigenvalue weighted by atomic mass is 79.9. The first-order valence-corrected chi connectivity index (χ1v) is 6.97. The highest BCUT2D eigenvalue weighted by molar-refractivity contribution is 9.10. The lowest BCUT2D eigenvalue weighted by atomic mass is 10.1. The maximum atomic E-state index is 8.99. The Balaban J connectivity index is 2.05. The van der Waals surface area contributed by atoms with E-state index in [-0.39, 0.29) is 6.61 Å². The van der Waals surface area contributed by atoms with Crippen molar-refractivity contribution in [3.05, 3.63) is 63.1 Å². The van der Waals surface area contributed by atoms with E-state index in [1.54, 1.807) is 0 Å². The molecule has 0 bridgehead atoms. The third-order valence-corrected chi connectivity index (χ3v) is 4.27. The first-order valence-electron chi connectivity index (χ1n) is 6.18. The van der Waals surface area contributed by atoms with Crippen LogP contribution in [0.1, 0.15) is 22.3 Å². The zero-order valence-corrected chi connectivity index (χ0v) is 12.7. The van der Waals surface area contributed by atoms with Gasteiger partial charge in [-0.05, 0) is 48.2 Å². The van der Waals surface area contributed by atoms with Crippen molar-refractivity contribution in [2.45, 2.75) is 27.1 Å². The molecule has 2 nitrogen and oxygen atoms in total. The number of aliphatic hydroxyl groups is 1. The van der Waals surface area contributed by atoms with Crippen LogP contribution in [0.3, 0.4) is 0 Å². The minimum atomic E-state index is 0.0756. The molecule has 100 valence electrons. The Morgan fingerprint density at radius 1 is 1.00 bits per heavy atom. The van der Waals surface area contributed by atoms with Crippen LogP contribution < -0.4 is 4.74 Å². The van der Waals surface area contributed by atoms with Gasteiger partial charge in [-0.25, -0.2) is 0 Å². The van der Waals surface area contributed by atoms with Crippen molar-refractivity contribution in [2.75, 3.05) is 0 Å². The minimum absolute atomic E-state index is 0.0756. The lowest BCUT2D eigenvalue weighted by Gasteiger charge is -2.10. The Hall–Kier alpha value is -1.32. The molecule has 0 radical (unpaired) electrons. The van der Waals surface area contributed by atoms with Gasteiger partial charge in [0, 0.05) is 4.47 Å². The predicted octanol–water partition coefficient (Wildman–Crippen LogP) is 4.14. The molecule has 3 heteroatoms. The Bertz CT molecular complexity index is 538. The summed E-state index contributed by atoms with van der Waals surface area (Å²) in [5.41, 5.74) is 4.35. The minimum Gasteiger partial charge on any atom is -0.489 e. The van der Waals surface area contributed by atoms with Crippen LogP contribution in [-0.2, 0) is 13.2 Å². The van der Waals surface area contributed by atoms with Gasteiger partial charge < -0.3 is 9.84 Å². The fourth-order valence-corrected chi connectivity index (χ4v) is 2.13. The fraction of sp³-hybridized carbons (Fsp3) is 0.250. The fourth-order valence-electron chi connectivity index (χ4n) is 1.90. The van der Waals surface area contributed by atoms with Gasteiger partial charge in [0.1, 0.15) is 12.4 Å². The zero-order chi connectivity index (χ0) is 13.8. The Labute approximate surface area is 122 Å². The predicted molar refractivity (Wildman–Crippen MR) is 80.3 cm³/mol. The van der Waals surface area contributed by atoms with E-state index in [4.69, 9.17) is 9.84 Å². The van der Waals surface area contributed by atoms with Gasteiger partial charge in [0.15, 0.2) is 0 Å². The zero-order valence-electron chi connectivity index (χ0n) is 11.1. The molecule has 1 N–H and O–H groups in total. The van der Waals surface area contributed by atoms with Crippen LogP contribution in [0.4, 0.5) is 0 Å². The normalized spacial score (nSPS) is 10.5. The van der Waals surface area contributed by atoms with Crippen LogP contribution in [-0.4, -0.2) is 5.11 Å². The largest absolute Gasteiger partial charge is 0.489 e. The monoisotopic (exact) mass is 320 g/mol.